The maximum absolute atomic E-state index is 13.1. The fourth-order valence-electron chi connectivity index (χ4n) is 4.81. The van der Waals surface area contributed by atoms with E-state index in [1.165, 1.54) is 6.42 Å². The van der Waals surface area contributed by atoms with Crippen molar-refractivity contribution in [1.82, 2.24) is 25.1 Å². The van der Waals surface area contributed by atoms with Crippen molar-refractivity contribution in [3.8, 4) is 5.75 Å². The number of aromatic nitrogens is 2. The fraction of sp³-hybridized carbons (Fsp3) is 0.520. The molecule has 2 N–H and O–H groups in total. The lowest BCUT2D eigenvalue weighted by molar-refractivity contribution is -0.134. The molecule has 10 nitrogen and oxygen atoms in total. The molecule has 1 saturated carbocycles. The molecule has 11 heteroatoms. The Hall–Kier alpha value is -3.11. The quantitative estimate of drug-likeness (QED) is 0.522. The van der Waals surface area contributed by atoms with Gasteiger partial charge in [0.1, 0.15) is 17.1 Å². The predicted octanol–water partition coefficient (Wildman–Crippen LogP) is 1.71. The monoisotopic (exact) mass is 513 g/mol. The Morgan fingerprint density at radius 1 is 1.25 bits per heavy atom. The number of methoxy groups -OCH3 is 1. The number of nitrogens with zero attached hydrogens (tertiary/aromatic N) is 5. The first-order chi connectivity index (χ1) is 17.4. The number of likely N-dealkylation sites (N-methyl/N-ethyl adjacent to an activating group) is 1. The Labute approximate surface area is 216 Å². The number of rotatable bonds is 9. The first kappa shape index (κ1) is 24.6. The first-order valence-corrected chi connectivity index (χ1v) is 12.7. The van der Waals surface area contributed by atoms with Crippen LogP contribution in [-0.4, -0.2) is 91.6 Å². The molecule has 0 spiro atoms. The summed E-state index contributed by atoms with van der Waals surface area (Å²) < 4.78 is 5.23. The number of piperidine rings is 1. The number of fused-ring (bicyclic) bond motifs is 1. The van der Waals surface area contributed by atoms with Crippen LogP contribution in [0, 0.1) is 11.8 Å². The van der Waals surface area contributed by atoms with Crippen molar-refractivity contribution in [2.45, 2.75) is 13.0 Å². The summed E-state index contributed by atoms with van der Waals surface area (Å²) in [6.45, 7) is 5.28. The van der Waals surface area contributed by atoms with E-state index < -0.39 is 0 Å². The summed E-state index contributed by atoms with van der Waals surface area (Å²) in [5.74, 6) is 3.08. The van der Waals surface area contributed by atoms with Crippen LogP contribution in [0.15, 0.2) is 24.4 Å². The zero-order valence-corrected chi connectivity index (χ0v) is 21.4. The number of anilines is 2. The Kier molecular flexibility index (Phi) is 7.15. The lowest BCUT2D eigenvalue weighted by atomic mass is 10.2. The van der Waals surface area contributed by atoms with Gasteiger partial charge in [-0.05, 0) is 36.0 Å². The summed E-state index contributed by atoms with van der Waals surface area (Å²) in [4.78, 5) is 40.3. The zero-order valence-electron chi connectivity index (χ0n) is 20.7. The van der Waals surface area contributed by atoms with Crippen LogP contribution in [-0.2, 0) is 11.3 Å². The van der Waals surface area contributed by atoms with Gasteiger partial charge in [0.05, 0.1) is 18.7 Å². The molecule has 1 aliphatic carbocycles. The highest BCUT2D eigenvalue weighted by Gasteiger charge is 2.46. The molecule has 2 aliphatic heterocycles. The van der Waals surface area contributed by atoms with Crippen molar-refractivity contribution in [3.05, 3.63) is 40.5 Å². The molecule has 0 bridgehead atoms. The van der Waals surface area contributed by atoms with Gasteiger partial charge >= 0.3 is 0 Å². The number of piperazine rings is 1. The second-order valence-electron chi connectivity index (χ2n) is 9.76. The highest BCUT2D eigenvalue weighted by molar-refractivity contribution is 6.32. The SMILES string of the molecule is COc1ccc(CNc2nc(N3CC4CC4C3)ncc2C(=O)NCCN2CCN(C)C(=O)C2)cc1Cl. The summed E-state index contributed by atoms with van der Waals surface area (Å²) in [6.07, 6.45) is 2.89. The van der Waals surface area contributed by atoms with Crippen molar-refractivity contribution in [2.75, 3.05) is 70.2 Å². The lowest BCUT2D eigenvalue weighted by Gasteiger charge is -2.31. The van der Waals surface area contributed by atoms with Gasteiger partial charge in [0, 0.05) is 59.1 Å². The summed E-state index contributed by atoms with van der Waals surface area (Å²) in [7, 11) is 3.39. The maximum Gasteiger partial charge on any atom is 0.256 e. The number of hydrogen-bond acceptors (Lipinski definition) is 8. The van der Waals surface area contributed by atoms with Gasteiger partial charge in [-0.25, -0.2) is 4.98 Å². The van der Waals surface area contributed by atoms with Crippen LogP contribution >= 0.6 is 11.6 Å². The van der Waals surface area contributed by atoms with Crippen LogP contribution in [0.3, 0.4) is 0 Å². The standard InChI is InChI=1S/C25H32ClN7O3/c1-31-7-8-32(15-22(31)34)6-5-27-24(35)19-12-29-25(33-13-17-10-18(17)14-33)30-23(19)28-11-16-3-4-21(36-2)20(26)9-16/h3-4,9,12,17-18H,5-8,10-11,13-15H2,1-2H3,(H,27,35)(H,28,29,30). The number of hydrogen-bond donors (Lipinski definition) is 2. The van der Waals surface area contributed by atoms with Gasteiger partial charge in [-0.1, -0.05) is 17.7 Å². The maximum atomic E-state index is 13.1. The number of benzene rings is 1. The average molecular weight is 514 g/mol. The van der Waals surface area contributed by atoms with Crippen molar-refractivity contribution >= 4 is 35.2 Å². The lowest BCUT2D eigenvalue weighted by Crippen LogP contribution is -2.50. The molecule has 3 aliphatic rings. The summed E-state index contributed by atoms with van der Waals surface area (Å²) >= 11 is 6.28. The number of nitrogens with one attached hydrogen (secondary N) is 2. The van der Waals surface area contributed by atoms with Crippen LogP contribution < -0.4 is 20.3 Å². The number of amides is 2. The Morgan fingerprint density at radius 3 is 2.78 bits per heavy atom. The van der Waals surface area contributed by atoms with Gasteiger partial charge in [0.2, 0.25) is 11.9 Å². The molecule has 5 rings (SSSR count). The molecule has 1 aromatic heterocycles. The molecule has 3 heterocycles. The van der Waals surface area contributed by atoms with Gasteiger partial charge < -0.3 is 25.2 Å². The third-order valence-corrected chi connectivity index (χ3v) is 7.50. The smallest absolute Gasteiger partial charge is 0.256 e. The van der Waals surface area contributed by atoms with Crippen LogP contribution in [0.1, 0.15) is 22.3 Å². The number of ether oxygens (including phenoxy) is 1. The molecule has 2 unspecified atom stereocenters. The predicted molar refractivity (Wildman–Crippen MR) is 138 cm³/mol. The largest absolute Gasteiger partial charge is 0.495 e. The van der Waals surface area contributed by atoms with Crippen LogP contribution in [0.5, 0.6) is 5.75 Å². The normalized spacial score (nSPS) is 21.4. The second-order valence-corrected chi connectivity index (χ2v) is 10.2. The van der Waals surface area contributed by atoms with Crippen LogP contribution in [0.25, 0.3) is 0 Å². The highest BCUT2D eigenvalue weighted by Crippen LogP contribution is 2.45. The number of halogens is 1. The van der Waals surface area contributed by atoms with E-state index in [1.807, 2.05) is 30.1 Å². The average Bonchev–Trinajstić information content (AvgIpc) is 3.49. The number of carbonyl (C=O) groups excluding carboxylic acids is 2. The van der Waals surface area contributed by atoms with E-state index in [2.05, 4.69) is 20.5 Å². The zero-order chi connectivity index (χ0) is 25.2. The molecule has 36 heavy (non-hydrogen) atoms. The molecule has 2 amide bonds. The van der Waals surface area contributed by atoms with Crippen molar-refractivity contribution in [2.24, 2.45) is 11.8 Å². The Morgan fingerprint density at radius 2 is 2.06 bits per heavy atom. The van der Waals surface area contributed by atoms with Crippen molar-refractivity contribution in [3.63, 3.8) is 0 Å². The van der Waals surface area contributed by atoms with E-state index in [4.69, 9.17) is 21.3 Å². The molecule has 2 aromatic rings. The summed E-state index contributed by atoms with van der Waals surface area (Å²) in [6, 6.07) is 5.57. The van der Waals surface area contributed by atoms with E-state index in [9.17, 15) is 9.59 Å². The minimum atomic E-state index is -0.249. The molecule has 0 radical (unpaired) electrons. The highest BCUT2D eigenvalue weighted by atomic mass is 35.5. The summed E-state index contributed by atoms with van der Waals surface area (Å²) in [5, 5.41) is 6.80. The van der Waals surface area contributed by atoms with Gasteiger partial charge in [-0.3, -0.25) is 14.5 Å². The van der Waals surface area contributed by atoms with Crippen molar-refractivity contribution in [1.29, 1.82) is 0 Å². The Bertz CT molecular complexity index is 1140. The van der Waals surface area contributed by atoms with Gasteiger partial charge in [-0.2, -0.15) is 4.98 Å². The Balaban J connectivity index is 1.26. The number of carbonyl (C=O) groups is 2. The van der Waals surface area contributed by atoms with E-state index in [1.54, 1.807) is 18.2 Å². The van der Waals surface area contributed by atoms with Crippen LogP contribution in [0.4, 0.5) is 11.8 Å². The molecule has 192 valence electrons. The molecular weight excluding hydrogens is 482 g/mol. The molecular formula is C25H32ClN7O3. The fourth-order valence-corrected chi connectivity index (χ4v) is 5.09. The summed E-state index contributed by atoms with van der Waals surface area (Å²) in [5.41, 5.74) is 1.33. The first-order valence-electron chi connectivity index (χ1n) is 12.3. The minimum Gasteiger partial charge on any atom is -0.495 e. The second kappa shape index (κ2) is 10.5. The third-order valence-electron chi connectivity index (χ3n) is 7.21. The molecule has 2 saturated heterocycles. The third kappa shape index (κ3) is 5.49. The van der Waals surface area contributed by atoms with Crippen molar-refractivity contribution < 1.29 is 14.3 Å². The van der Waals surface area contributed by atoms with Crippen LogP contribution in [0.2, 0.25) is 5.02 Å². The van der Waals surface area contributed by atoms with E-state index in [0.29, 0.717) is 60.8 Å². The minimum absolute atomic E-state index is 0.0984. The molecule has 2 atom stereocenters. The van der Waals surface area contributed by atoms with E-state index in [-0.39, 0.29) is 11.8 Å². The van der Waals surface area contributed by atoms with E-state index in [0.717, 1.165) is 37.0 Å². The molecule has 3 fully saturated rings. The van der Waals surface area contributed by atoms with E-state index >= 15 is 0 Å². The van der Waals surface area contributed by atoms with Gasteiger partial charge in [-0.15, -0.1) is 0 Å². The van der Waals surface area contributed by atoms with Gasteiger partial charge in [0.25, 0.3) is 5.91 Å². The topological polar surface area (TPSA) is 103 Å². The van der Waals surface area contributed by atoms with Gasteiger partial charge in [0.15, 0.2) is 0 Å². The molecule has 1 aromatic carbocycles.